The van der Waals surface area contributed by atoms with Crippen molar-refractivity contribution in [2.75, 3.05) is 15.7 Å². The van der Waals surface area contributed by atoms with Gasteiger partial charge in [-0.1, -0.05) is 59.6 Å². The highest BCUT2D eigenvalue weighted by molar-refractivity contribution is 7.92. The molecule has 0 N–H and O–H groups in total. The summed E-state index contributed by atoms with van der Waals surface area (Å²) in [4.78, 5) is 15.1. The van der Waals surface area contributed by atoms with Gasteiger partial charge in [-0.25, -0.2) is 8.42 Å². The minimum absolute atomic E-state index is 0.0695. The second-order valence-corrected chi connectivity index (χ2v) is 10.0. The van der Waals surface area contributed by atoms with Crippen LogP contribution < -0.4 is 9.21 Å². The molecule has 0 spiro atoms. The molecule has 31 heavy (non-hydrogen) atoms. The molecular formula is C23H20Cl2N2O3S. The molecule has 8 heteroatoms. The fourth-order valence-electron chi connectivity index (χ4n) is 3.82. The highest BCUT2D eigenvalue weighted by Gasteiger charge is 2.34. The van der Waals surface area contributed by atoms with Gasteiger partial charge >= 0.3 is 0 Å². The molecule has 1 amide bonds. The van der Waals surface area contributed by atoms with Gasteiger partial charge in [-0.05, 0) is 55.3 Å². The van der Waals surface area contributed by atoms with Gasteiger partial charge in [0.2, 0.25) is 5.91 Å². The zero-order chi connectivity index (χ0) is 22.2. The smallest absolute Gasteiger partial charge is 0.264 e. The van der Waals surface area contributed by atoms with E-state index in [0.29, 0.717) is 5.02 Å². The zero-order valence-corrected chi connectivity index (χ0v) is 19.0. The molecule has 3 aromatic rings. The van der Waals surface area contributed by atoms with Gasteiger partial charge in [0, 0.05) is 11.7 Å². The third-order valence-electron chi connectivity index (χ3n) is 5.28. The van der Waals surface area contributed by atoms with Crippen LogP contribution in [0.2, 0.25) is 10.0 Å². The molecule has 1 aliphatic heterocycles. The third kappa shape index (κ3) is 4.15. The number of carbonyl (C=O) groups excluding carboxylic acids is 1. The van der Waals surface area contributed by atoms with Crippen LogP contribution in [0.4, 0.5) is 11.4 Å². The Labute approximate surface area is 191 Å². The number of carbonyl (C=O) groups is 1. The van der Waals surface area contributed by atoms with Crippen LogP contribution in [0.1, 0.15) is 12.5 Å². The van der Waals surface area contributed by atoms with Crippen molar-refractivity contribution in [2.45, 2.75) is 24.3 Å². The number of sulfonamides is 1. The SMILES string of the molecule is CC1Cc2ccccc2N1C(=O)CN(c1ccc(Cl)c(Cl)c1)S(=O)(=O)c1ccccc1. The number of fused-ring (bicyclic) bond motifs is 1. The molecule has 1 unspecified atom stereocenters. The second kappa shape index (κ2) is 8.54. The summed E-state index contributed by atoms with van der Waals surface area (Å²) in [5.74, 6) is -0.317. The van der Waals surface area contributed by atoms with E-state index in [0.717, 1.165) is 22.0 Å². The lowest BCUT2D eigenvalue weighted by Crippen LogP contribution is -2.45. The van der Waals surface area contributed by atoms with E-state index in [2.05, 4.69) is 0 Å². The second-order valence-electron chi connectivity index (χ2n) is 7.37. The van der Waals surface area contributed by atoms with Crippen molar-refractivity contribution in [3.05, 3.63) is 88.4 Å². The first-order valence-corrected chi connectivity index (χ1v) is 11.9. The first kappa shape index (κ1) is 21.7. The topological polar surface area (TPSA) is 57.7 Å². The Bertz CT molecular complexity index is 1230. The van der Waals surface area contributed by atoms with E-state index < -0.39 is 10.0 Å². The Balaban J connectivity index is 1.75. The van der Waals surface area contributed by atoms with E-state index in [-0.39, 0.29) is 34.1 Å². The summed E-state index contributed by atoms with van der Waals surface area (Å²) in [7, 11) is -4.02. The molecule has 1 aliphatic rings. The molecule has 3 aromatic carbocycles. The minimum atomic E-state index is -4.02. The van der Waals surface area contributed by atoms with Gasteiger partial charge in [-0.3, -0.25) is 9.10 Å². The van der Waals surface area contributed by atoms with Gasteiger partial charge in [0.05, 0.1) is 20.6 Å². The van der Waals surface area contributed by atoms with Gasteiger partial charge in [0.15, 0.2) is 0 Å². The van der Waals surface area contributed by atoms with Crippen LogP contribution in [0.5, 0.6) is 0 Å². The van der Waals surface area contributed by atoms with Crippen LogP contribution in [-0.4, -0.2) is 26.9 Å². The number of anilines is 2. The number of halogens is 2. The lowest BCUT2D eigenvalue weighted by molar-refractivity contribution is -0.117. The van der Waals surface area contributed by atoms with E-state index in [1.807, 2.05) is 31.2 Å². The van der Waals surface area contributed by atoms with Crippen LogP contribution in [-0.2, 0) is 21.2 Å². The van der Waals surface area contributed by atoms with Crippen molar-refractivity contribution in [3.8, 4) is 0 Å². The van der Waals surface area contributed by atoms with Crippen LogP contribution in [0.3, 0.4) is 0 Å². The lowest BCUT2D eigenvalue weighted by Gasteiger charge is -2.29. The van der Waals surface area contributed by atoms with E-state index in [4.69, 9.17) is 23.2 Å². The van der Waals surface area contributed by atoms with Gasteiger partial charge in [0.1, 0.15) is 6.54 Å². The Morgan fingerprint density at radius 1 is 1.00 bits per heavy atom. The summed E-state index contributed by atoms with van der Waals surface area (Å²) < 4.78 is 28.1. The molecule has 4 rings (SSSR count). The molecule has 5 nitrogen and oxygen atoms in total. The number of amides is 1. The Morgan fingerprint density at radius 3 is 2.39 bits per heavy atom. The van der Waals surface area contributed by atoms with Crippen molar-refractivity contribution >= 4 is 50.5 Å². The van der Waals surface area contributed by atoms with Crippen LogP contribution in [0.15, 0.2) is 77.7 Å². The van der Waals surface area contributed by atoms with Crippen molar-refractivity contribution in [2.24, 2.45) is 0 Å². The highest BCUT2D eigenvalue weighted by atomic mass is 35.5. The predicted octanol–water partition coefficient (Wildman–Crippen LogP) is 5.17. The maximum Gasteiger partial charge on any atom is 0.264 e. The predicted molar refractivity (Wildman–Crippen MR) is 125 cm³/mol. The first-order valence-electron chi connectivity index (χ1n) is 9.72. The van der Waals surface area contributed by atoms with Gasteiger partial charge in [-0.2, -0.15) is 0 Å². The summed E-state index contributed by atoms with van der Waals surface area (Å²) in [6.07, 6.45) is 0.722. The summed E-state index contributed by atoms with van der Waals surface area (Å²) in [5.41, 5.74) is 2.15. The average molecular weight is 475 g/mol. The molecule has 0 aliphatic carbocycles. The van der Waals surface area contributed by atoms with Crippen molar-refractivity contribution in [1.29, 1.82) is 0 Å². The molecule has 0 fully saturated rings. The van der Waals surface area contributed by atoms with Crippen molar-refractivity contribution < 1.29 is 13.2 Å². The molecule has 0 saturated carbocycles. The fourth-order valence-corrected chi connectivity index (χ4v) is 5.54. The van der Waals surface area contributed by atoms with Crippen LogP contribution in [0.25, 0.3) is 0 Å². The summed E-state index contributed by atoms with van der Waals surface area (Å²) >= 11 is 12.2. The van der Waals surface area contributed by atoms with Crippen LogP contribution >= 0.6 is 23.2 Å². The lowest BCUT2D eigenvalue weighted by atomic mass is 10.1. The Hall–Kier alpha value is -2.54. The molecule has 0 radical (unpaired) electrons. The molecule has 160 valence electrons. The molecule has 0 bridgehead atoms. The minimum Gasteiger partial charge on any atom is -0.307 e. The quantitative estimate of drug-likeness (QED) is 0.512. The highest BCUT2D eigenvalue weighted by Crippen LogP contribution is 2.34. The standard InChI is InChI=1S/C23H20Cl2N2O3S/c1-16-13-17-7-5-6-10-22(17)27(16)23(28)15-26(18-11-12-20(24)21(25)14-18)31(29,30)19-8-3-2-4-9-19/h2-12,14,16H,13,15H2,1H3. The largest absolute Gasteiger partial charge is 0.307 e. The van der Waals surface area contributed by atoms with E-state index in [1.54, 1.807) is 29.2 Å². The Morgan fingerprint density at radius 2 is 1.68 bits per heavy atom. The fraction of sp³-hybridized carbons (Fsp3) is 0.174. The number of hydrogen-bond donors (Lipinski definition) is 0. The van der Waals surface area contributed by atoms with Crippen LogP contribution in [0, 0.1) is 0 Å². The monoisotopic (exact) mass is 474 g/mol. The molecule has 1 atom stereocenters. The zero-order valence-electron chi connectivity index (χ0n) is 16.7. The third-order valence-corrected chi connectivity index (χ3v) is 7.80. The maximum absolute atomic E-state index is 13.5. The molecule has 1 heterocycles. The normalized spacial score (nSPS) is 15.6. The van der Waals surface area contributed by atoms with E-state index >= 15 is 0 Å². The summed E-state index contributed by atoms with van der Waals surface area (Å²) in [5, 5.41) is 0.510. The molecule has 0 aromatic heterocycles. The van der Waals surface area contributed by atoms with Gasteiger partial charge in [0.25, 0.3) is 10.0 Å². The Kier molecular flexibility index (Phi) is 5.97. The number of hydrogen-bond acceptors (Lipinski definition) is 3. The van der Waals surface area contributed by atoms with E-state index in [9.17, 15) is 13.2 Å². The molecular weight excluding hydrogens is 455 g/mol. The average Bonchev–Trinajstić information content (AvgIpc) is 3.10. The number of nitrogens with zero attached hydrogens (tertiary/aromatic N) is 2. The molecule has 0 saturated heterocycles. The number of para-hydroxylation sites is 1. The van der Waals surface area contributed by atoms with Gasteiger partial charge in [-0.15, -0.1) is 0 Å². The van der Waals surface area contributed by atoms with Gasteiger partial charge < -0.3 is 4.90 Å². The van der Waals surface area contributed by atoms with Crippen molar-refractivity contribution in [1.82, 2.24) is 0 Å². The first-order chi connectivity index (χ1) is 14.8. The summed E-state index contributed by atoms with van der Waals surface area (Å²) in [6.45, 7) is 1.58. The van der Waals surface area contributed by atoms with E-state index in [1.165, 1.54) is 24.3 Å². The number of benzene rings is 3. The number of rotatable bonds is 5. The maximum atomic E-state index is 13.5. The van der Waals surface area contributed by atoms with Crippen molar-refractivity contribution in [3.63, 3.8) is 0 Å². The summed E-state index contributed by atoms with van der Waals surface area (Å²) in [6, 6.07) is 20.1.